The molecule has 2 aliphatic rings. The van der Waals surface area contributed by atoms with Crippen LogP contribution in [-0.4, -0.2) is 27.3 Å². The number of nitrogens with zero attached hydrogens (tertiary/aromatic N) is 3. The number of hydrogen-bond donors (Lipinski definition) is 1. The number of thiazole rings is 1. The Morgan fingerprint density at radius 3 is 3.00 bits per heavy atom. The van der Waals surface area contributed by atoms with E-state index in [2.05, 4.69) is 9.97 Å². The molecule has 1 saturated carbocycles. The van der Waals surface area contributed by atoms with E-state index in [0.717, 1.165) is 29.5 Å². The molecule has 1 fully saturated rings. The Morgan fingerprint density at radius 2 is 2.30 bits per heavy atom. The Bertz CT molecular complexity index is 719. The van der Waals surface area contributed by atoms with Crippen LogP contribution in [0.25, 0.3) is 0 Å². The molecule has 3 heterocycles. The van der Waals surface area contributed by atoms with E-state index in [0.29, 0.717) is 37.0 Å². The van der Waals surface area contributed by atoms with Crippen molar-refractivity contribution in [2.24, 2.45) is 0 Å². The van der Waals surface area contributed by atoms with Crippen molar-refractivity contribution in [3.8, 4) is 0 Å². The standard InChI is InChI=1S/C16H20N4O2S/c17-16-18-11(9-23-16)4-5-14(21)20-7-6-13-12(8-20)19-15(22-13)10-2-1-3-10/h9-10H,1-8H2,(H2,17,18). The highest BCUT2D eigenvalue weighted by molar-refractivity contribution is 7.13. The van der Waals surface area contributed by atoms with Gasteiger partial charge >= 0.3 is 0 Å². The third kappa shape index (κ3) is 2.97. The molecule has 4 rings (SSSR count). The van der Waals surface area contributed by atoms with Gasteiger partial charge in [0.2, 0.25) is 5.91 Å². The van der Waals surface area contributed by atoms with Crippen LogP contribution >= 0.6 is 11.3 Å². The summed E-state index contributed by atoms with van der Waals surface area (Å²) in [5, 5.41) is 2.47. The highest BCUT2D eigenvalue weighted by atomic mass is 32.1. The Labute approximate surface area is 138 Å². The molecule has 6 nitrogen and oxygen atoms in total. The van der Waals surface area contributed by atoms with Gasteiger partial charge in [-0.25, -0.2) is 9.97 Å². The number of hydrogen-bond acceptors (Lipinski definition) is 6. The highest BCUT2D eigenvalue weighted by Crippen LogP contribution is 2.37. The molecule has 1 amide bonds. The zero-order chi connectivity index (χ0) is 15.8. The molecule has 7 heteroatoms. The predicted molar refractivity (Wildman–Crippen MR) is 87.1 cm³/mol. The lowest BCUT2D eigenvalue weighted by Crippen LogP contribution is -2.35. The number of aryl methyl sites for hydroxylation is 1. The topological polar surface area (TPSA) is 85.2 Å². The van der Waals surface area contributed by atoms with Crippen molar-refractivity contribution in [2.75, 3.05) is 12.3 Å². The maximum atomic E-state index is 12.4. The molecule has 0 atom stereocenters. The van der Waals surface area contributed by atoms with Gasteiger partial charge in [0.05, 0.1) is 12.2 Å². The number of carbonyl (C=O) groups is 1. The number of oxazole rings is 1. The van der Waals surface area contributed by atoms with Crippen LogP contribution in [0.5, 0.6) is 0 Å². The highest BCUT2D eigenvalue weighted by Gasteiger charge is 2.30. The first-order valence-electron chi connectivity index (χ1n) is 8.15. The molecule has 2 aromatic heterocycles. The summed E-state index contributed by atoms with van der Waals surface area (Å²) >= 11 is 1.41. The van der Waals surface area contributed by atoms with Gasteiger partial charge in [0.1, 0.15) is 11.5 Å². The molecular formula is C16H20N4O2S. The molecule has 0 bridgehead atoms. The van der Waals surface area contributed by atoms with Gasteiger partial charge in [-0.1, -0.05) is 6.42 Å². The van der Waals surface area contributed by atoms with Crippen LogP contribution < -0.4 is 5.73 Å². The summed E-state index contributed by atoms with van der Waals surface area (Å²) in [6, 6.07) is 0. The van der Waals surface area contributed by atoms with Gasteiger partial charge in [-0.3, -0.25) is 4.79 Å². The van der Waals surface area contributed by atoms with Crippen molar-refractivity contribution >= 4 is 22.4 Å². The van der Waals surface area contributed by atoms with Crippen LogP contribution in [0.15, 0.2) is 9.80 Å². The summed E-state index contributed by atoms with van der Waals surface area (Å²) in [6.07, 6.45) is 5.50. The van der Waals surface area contributed by atoms with Gasteiger partial charge < -0.3 is 15.1 Å². The molecule has 0 saturated heterocycles. The first-order valence-corrected chi connectivity index (χ1v) is 9.03. The monoisotopic (exact) mass is 332 g/mol. The third-order valence-corrected chi connectivity index (χ3v) is 5.44. The lowest BCUT2D eigenvalue weighted by atomic mass is 9.85. The van der Waals surface area contributed by atoms with Gasteiger partial charge in [0.15, 0.2) is 11.0 Å². The molecule has 2 aromatic rings. The number of nitrogen functional groups attached to an aromatic ring is 1. The Morgan fingerprint density at radius 1 is 1.43 bits per heavy atom. The number of aromatic nitrogens is 2. The number of fused-ring (bicyclic) bond motifs is 1. The summed E-state index contributed by atoms with van der Waals surface area (Å²) in [5.41, 5.74) is 7.46. The maximum absolute atomic E-state index is 12.4. The zero-order valence-corrected chi connectivity index (χ0v) is 13.8. The van der Waals surface area contributed by atoms with Crippen molar-refractivity contribution in [3.05, 3.63) is 28.4 Å². The van der Waals surface area contributed by atoms with Crippen LogP contribution in [0, 0.1) is 0 Å². The molecule has 0 radical (unpaired) electrons. The fourth-order valence-corrected chi connectivity index (χ4v) is 3.69. The Balaban J connectivity index is 1.37. The quantitative estimate of drug-likeness (QED) is 0.930. The van der Waals surface area contributed by atoms with Crippen LogP contribution in [0.2, 0.25) is 0 Å². The lowest BCUT2D eigenvalue weighted by molar-refractivity contribution is -0.132. The van der Waals surface area contributed by atoms with E-state index >= 15 is 0 Å². The number of amides is 1. The lowest BCUT2D eigenvalue weighted by Gasteiger charge is -2.25. The molecule has 122 valence electrons. The van der Waals surface area contributed by atoms with E-state index in [1.807, 2.05) is 10.3 Å². The fourth-order valence-electron chi connectivity index (χ4n) is 3.09. The second kappa shape index (κ2) is 5.96. The molecule has 23 heavy (non-hydrogen) atoms. The minimum absolute atomic E-state index is 0.149. The van der Waals surface area contributed by atoms with E-state index in [4.69, 9.17) is 10.2 Å². The van der Waals surface area contributed by atoms with Crippen LogP contribution in [0.4, 0.5) is 5.13 Å². The molecule has 2 N–H and O–H groups in total. The van der Waals surface area contributed by atoms with Gasteiger partial charge in [0, 0.05) is 30.7 Å². The summed E-state index contributed by atoms with van der Waals surface area (Å²) in [4.78, 5) is 23.1. The smallest absolute Gasteiger partial charge is 0.223 e. The summed E-state index contributed by atoms with van der Waals surface area (Å²) in [5.74, 6) is 2.51. The molecule has 0 aromatic carbocycles. The number of anilines is 1. The first kappa shape index (κ1) is 14.7. The molecular weight excluding hydrogens is 312 g/mol. The second-order valence-electron chi connectivity index (χ2n) is 6.29. The van der Waals surface area contributed by atoms with Gasteiger partial charge in [-0.2, -0.15) is 0 Å². The predicted octanol–water partition coefficient (Wildman–Crippen LogP) is 2.50. The van der Waals surface area contributed by atoms with E-state index in [1.165, 1.54) is 30.6 Å². The van der Waals surface area contributed by atoms with Gasteiger partial charge in [-0.15, -0.1) is 11.3 Å². The van der Waals surface area contributed by atoms with Crippen molar-refractivity contribution < 1.29 is 9.21 Å². The third-order valence-electron chi connectivity index (χ3n) is 4.72. The summed E-state index contributed by atoms with van der Waals surface area (Å²) < 4.78 is 5.90. The van der Waals surface area contributed by atoms with Crippen molar-refractivity contribution in [1.29, 1.82) is 0 Å². The molecule has 0 spiro atoms. The SMILES string of the molecule is Nc1nc(CCC(=O)N2CCc3oc(C4CCC4)nc3C2)cs1. The van der Waals surface area contributed by atoms with Crippen molar-refractivity contribution in [1.82, 2.24) is 14.9 Å². The van der Waals surface area contributed by atoms with Crippen molar-refractivity contribution in [2.45, 2.75) is 51.0 Å². The Hall–Kier alpha value is -1.89. The second-order valence-corrected chi connectivity index (χ2v) is 7.18. The molecule has 0 unspecified atom stereocenters. The average Bonchev–Trinajstić information content (AvgIpc) is 3.08. The van der Waals surface area contributed by atoms with E-state index in [-0.39, 0.29) is 5.91 Å². The van der Waals surface area contributed by atoms with Crippen LogP contribution in [0.1, 0.15) is 54.6 Å². The minimum Gasteiger partial charge on any atom is -0.445 e. The van der Waals surface area contributed by atoms with Crippen LogP contribution in [-0.2, 0) is 24.2 Å². The fraction of sp³-hybridized carbons (Fsp3) is 0.562. The number of nitrogens with two attached hydrogens (primary N) is 1. The van der Waals surface area contributed by atoms with Crippen LogP contribution in [0.3, 0.4) is 0 Å². The maximum Gasteiger partial charge on any atom is 0.223 e. The van der Waals surface area contributed by atoms with Crippen molar-refractivity contribution in [3.63, 3.8) is 0 Å². The van der Waals surface area contributed by atoms with E-state index in [9.17, 15) is 4.79 Å². The summed E-state index contributed by atoms with van der Waals surface area (Å²) in [7, 11) is 0. The average molecular weight is 332 g/mol. The van der Waals surface area contributed by atoms with Gasteiger partial charge in [-0.05, 0) is 19.3 Å². The largest absolute Gasteiger partial charge is 0.445 e. The minimum atomic E-state index is 0.149. The normalized spacial score (nSPS) is 17.8. The van der Waals surface area contributed by atoms with E-state index < -0.39 is 0 Å². The first-order chi connectivity index (χ1) is 11.2. The Kier molecular flexibility index (Phi) is 3.80. The summed E-state index contributed by atoms with van der Waals surface area (Å²) in [6.45, 7) is 1.29. The van der Waals surface area contributed by atoms with E-state index in [1.54, 1.807) is 0 Å². The zero-order valence-electron chi connectivity index (χ0n) is 13.0. The molecule has 1 aliphatic carbocycles. The number of carbonyl (C=O) groups excluding carboxylic acids is 1. The van der Waals surface area contributed by atoms with Gasteiger partial charge in [0.25, 0.3) is 0 Å². The number of rotatable bonds is 4. The molecule has 1 aliphatic heterocycles.